The fraction of sp³-hybridized carbons (Fsp3) is 0.250. The number of hydrogen-bond donors (Lipinski definition) is 2. The van der Waals surface area contributed by atoms with E-state index in [1.54, 1.807) is 12.1 Å². The number of aromatic nitrogens is 1. The monoisotopic (exact) mass is 318 g/mol. The van der Waals surface area contributed by atoms with Crippen molar-refractivity contribution in [1.82, 2.24) is 9.47 Å². The summed E-state index contributed by atoms with van der Waals surface area (Å²) < 4.78 is 14.4. The largest absolute Gasteiger partial charge is 0.503 e. The normalized spacial score (nSPS) is 14.0. The molecule has 0 fully saturated rings. The van der Waals surface area contributed by atoms with Crippen molar-refractivity contribution >= 4 is 5.91 Å². The van der Waals surface area contributed by atoms with Crippen molar-refractivity contribution < 1.29 is 19.4 Å². The molecule has 0 saturated carbocycles. The Hall–Kier alpha value is -2.67. The van der Waals surface area contributed by atoms with E-state index in [1.165, 1.54) is 27.8 Å². The maximum atomic E-state index is 12.9. The van der Waals surface area contributed by atoms with Crippen LogP contribution in [0.4, 0.5) is 4.39 Å². The third-order valence-electron chi connectivity index (χ3n) is 3.89. The molecule has 0 spiro atoms. The average Bonchev–Trinajstić information content (AvgIpc) is 2.55. The van der Waals surface area contributed by atoms with Crippen molar-refractivity contribution in [3.8, 4) is 5.75 Å². The number of nitrogens with zero attached hydrogens (tertiary/aromatic N) is 2. The molecule has 0 radical (unpaired) electrons. The van der Waals surface area contributed by atoms with E-state index in [2.05, 4.69) is 0 Å². The van der Waals surface area contributed by atoms with Gasteiger partial charge in [0, 0.05) is 31.4 Å². The van der Waals surface area contributed by atoms with Crippen molar-refractivity contribution in [1.29, 1.82) is 0 Å². The third-order valence-corrected chi connectivity index (χ3v) is 3.89. The highest BCUT2D eigenvalue weighted by Crippen LogP contribution is 2.21. The van der Waals surface area contributed by atoms with Gasteiger partial charge in [-0.05, 0) is 17.7 Å². The number of carbonyl (C=O) groups excluding carboxylic acids is 1. The highest BCUT2D eigenvalue weighted by Gasteiger charge is 2.29. The number of aliphatic hydroxyl groups is 1. The highest BCUT2D eigenvalue weighted by molar-refractivity contribution is 5.95. The second kappa shape index (κ2) is 5.85. The van der Waals surface area contributed by atoms with Crippen LogP contribution < -0.4 is 5.43 Å². The first kappa shape index (κ1) is 15.2. The zero-order valence-electron chi connectivity index (χ0n) is 12.2. The predicted molar refractivity (Wildman–Crippen MR) is 79.4 cm³/mol. The van der Waals surface area contributed by atoms with E-state index in [-0.39, 0.29) is 23.6 Å². The summed E-state index contributed by atoms with van der Waals surface area (Å²) in [5.74, 6) is -1.48. The average molecular weight is 318 g/mol. The number of rotatable bonds is 3. The molecule has 3 rings (SSSR count). The Morgan fingerprint density at radius 2 is 1.83 bits per heavy atom. The van der Waals surface area contributed by atoms with Gasteiger partial charge in [0.15, 0.2) is 11.4 Å². The number of pyridine rings is 1. The Kier molecular flexibility index (Phi) is 3.87. The standard InChI is InChI=1S/C16H15FN2O4/c17-12-3-1-10(2-4-12)7-19-6-5-18-8-11(9-20)14(21)15(22)13(18)16(19)23/h1-4,8,20,22H,5-7,9H2. The summed E-state index contributed by atoms with van der Waals surface area (Å²) in [7, 11) is 0. The molecular weight excluding hydrogens is 303 g/mol. The summed E-state index contributed by atoms with van der Waals surface area (Å²) in [5.41, 5.74) is -0.0238. The molecule has 23 heavy (non-hydrogen) atoms. The lowest BCUT2D eigenvalue weighted by Gasteiger charge is -2.30. The SMILES string of the molecule is O=C1c2c(O)c(=O)c(CO)cn2CCN1Cc1ccc(F)cc1. The summed E-state index contributed by atoms with van der Waals surface area (Å²) in [6.45, 7) is 0.536. The van der Waals surface area contributed by atoms with Gasteiger partial charge in [0.25, 0.3) is 5.91 Å². The van der Waals surface area contributed by atoms with Crippen LogP contribution in [0.25, 0.3) is 0 Å². The topological polar surface area (TPSA) is 82.8 Å². The first-order valence-corrected chi connectivity index (χ1v) is 7.11. The number of fused-ring (bicyclic) bond motifs is 1. The maximum Gasteiger partial charge on any atom is 0.274 e. The molecule has 7 heteroatoms. The zero-order valence-corrected chi connectivity index (χ0v) is 12.2. The Labute approximate surface area is 131 Å². The highest BCUT2D eigenvalue weighted by atomic mass is 19.1. The molecule has 0 saturated heterocycles. The molecule has 2 heterocycles. The fourth-order valence-electron chi connectivity index (χ4n) is 2.66. The van der Waals surface area contributed by atoms with Crippen LogP contribution in [0.1, 0.15) is 21.6 Å². The molecule has 1 aromatic heterocycles. The van der Waals surface area contributed by atoms with E-state index >= 15 is 0 Å². The Morgan fingerprint density at radius 1 is 1.13 bits per heavy atom. The zero-order chi connectivity index (χ0) is 16.6. The third kappa shape index (κ3) is 2.70. The Morgan fingerprint density at radius 3 is 2.48 bits per heavy atom. The second-order valence-corrected chi connectivity index (χ2v) is 5.39. The van der Waals surface area contributed by atoms with Gasteiger partial charge in [0.1, 0.15) is 5.82 Å². The van der Waals surface area contributed by atoms with Crippen LogP contribution in [0.15, 0.2) is 35.3 Å². The van der Waals surface area contributed by atoms with E-state index in [0.717, 1.165) is 5.56 Å². The fourth-order valence-corrected chi connectivity index (χ4v) is 2.66. The van der Waals surface area contributed by atoms with Crippen LogP contribution in [-0.2, 0) is 19.7 Å². The number of halogens is 1. The molecular formula is C16H15FN2O4. The molecule has 2 aromatic rings. The van der Waals surface area contributed by atoms with Gasteiger partial charge in [-0.2, -0.15) is 0 Å². The first-order chi connectivity index (χ1) is 11.0. The van der Waals surface area contributed by atoms with Gasteiger partial charge < -0.3 is 19.7 Å². The minimum Gasteiger partial charge on any atom is -0.503 e. The van der Waals surface area contributed by atoms with Crippen LogP contribution in [-0.4, -0.2) is 32.1 Å². The van der Waals surface area contributed by atoms with E-state index in [1.807, 2.05) is 0 Å². The quantitative estimate of drug-likeness (QED) is 0.878. The molecule has 0 aliphatic carbocycles. The molecule has 1 aliphatic rings. The lowest BCUT2D eigenvalue weighted by atomic mass is 10.1. The molecule has 1 amide bonds. The molecule has 6 nitrogen and oxygen atoms in total. The van der Waals surface area contributed by atoms with E-state index in [4.69, 9.17) is 5.11 Å². The molecule has 0 atom stereocenters. The van der Waals surface area contributed by atoms with Crippen molar-refractivity contribution in [2.24, 2.45) is 0 Å². The molecule has 0 unspecified atom stereocenters. The lowest BCUT2D eigenvalue weighted by molar-refractivity contribution is 0.0682. The number of benzene rings is 1. The molecule has 0 bridgehead atoms. The molecule has 2 N–H and O–H groups in total. The van der Waals surface area contributed by atoms with Crippen molar-refractivity contribution in [3.63, 3.8) is 0 Å². The molecule has 1 aliphatic heterocycles. The number of aromatic hydroxyl groups is 1. The maximum absolute atomic E-state index is 12.9. The number of aliphatic hydroxyl groups excluding tert-OH is 1. The van der Waals surface area contributed by atoms with Gasteiger partial charge in [0.2, 0.25) is 5.43 Å². The summed E-state index contributed by atoms with van der Waals surface area (Å²) in [5, 5.41) is 19.1. The van der Waals surface area contributed by atoms with Gasteiger partial charge in [0.05, 0.1) is 6.61 Å². The van der Waals surface area contributed by atoms with Gasteiger partial charge in [-0.3, -0.25) is 9.59 Å². The van der Waals surface area contributed by atoms with Gasteiger partial charge in [-0.1, -0.05) is 12.1 Å². The summed E-state index contributed by atoms with van der Waals surface area (Å²) in [6, 6.07) is 5.79. The van der Waals surface area contributed by atoms with Crippen molar-refractivity contribution in [2.45, 2.75) is 19.7 Å². The molecule has 1 aromatic carbocycles. The Balaban J connectivity index is 1.93. The number of amides is 1. The lowest BCUT2D eigenvalue weighted by Crippen LogP contribution is -2.41. The second-order valence-electron chi connectivity index (χ2n) is 5.39. The van der Waals surface area contributed by atoms with E-state index < -0.39 is 23.7 Å². The van der Waals surface area contributed by atoms with Crippen LogP contribution in [0.2, 0.25) is 0 Å². The predicted octanol–water partition coefficient (Wildman–Crippen LogP) is 0.841. The summed E-state index contributed by atoms with van der Waals surface area (Å²) in [4.78, 5) is 25.9. The van der Waals surface area contributed by atoms with Crippen LogP contribution in [0.5, 0.6) is 5.75 Å². The van der Waals surface area contributed by atoms with E-state index in [9.17, 15) is 19.1 Å². The number of hydrogen-bond acceptors (Lipinski definition) is 4. The van der Waals surface area contributed by atoms with Gasteiger partial charge >= 0.3 is 0 Å². The van der Waals surface area contributed by atoms with Crippen molar-refractivity contribution in [2.75, 3.05) is 6.54 Å². The van der Waals surface area contributed by atoms with Crippen LogP contribution in [0, 0.1) is 5.82 Å². The van der Waals surface area contributed by atoms with Crippen LogP contribution >= 0.6 is 0 Å². The number of carbonyl (C=O) groups is 1. The minimum absolute atomic E-state index is 0.0473. The van der Waals surface area contributed by atoms with Gasteiger partial charge in [-0.25, -0.2) is 4.39 Å². The summed E-state index contributed by atoms with van der Waals surface area (Å²) in [6.07, 6.45) is 1.39. The summed E-state index contributed by atoms with van der Waals surface area (Å²) >= 11 is 0. The minimum atomic E-state index is -0.740. The first-order valence-electron chi connectivity index (χ1n) is 7.11. The van der Waals surface area contributed by atoms with Crippen molar-refractivity contribution in [3.05, 3.63) is 63.3 Å². The van der Waals surface area contributed by atoms with E-state index in [0.29, 0.717) is 13.1 Å². The molecule has 120 valence electrons. The smallest absolute Gasteiger partial charge is 0.274 e. The Bertz CT molecular complexity index is 814. The van der Waals surface area contributed by atoms with Crippen LogP contribution in [0.3, 0.4) is 0 Å². The van der Waals surface area contributed by atoms with Gasteiger partial charge in [-0.15, -0.1) is 0 Å².